The molecule has 0 bridgehead atoms. The molecule has 0 radical (unpaired) electrons. The van der Waals surface area contributed by atoms with E-state index in [2.05, 4.69) is 4.98 Å². The van der Waals surface area contributed by atoms with Crippen molar-refractivity contribution < 1.29 is 18.6 Å². The molecule has 0 aliphatic carbocycles. The summed E-state index contributed by atoms with van der Waals surface area (Å²) in [5, 5.41) is 0. The normalized spacial score (nSPS) is 9.88. The monoisotopic (exact) mass is 221 g/mol. The molecule has 1 aromatic carbocycles. The standard InChI is InChI=1S/C11H11NO4/c1-13-8-3-4-9(14-2)10(7-8)16-11-12-5-6-15-11/h3-7H,1-2H3. The molecule has 0 fully saturated rings. The van der Waals surface area contributed by atoms with Crippen LogP contribution in [-0.4, -0.2) is 19.2 Å². The first-order chi connectivity index (χ1) is 7.83. The number of aromatic nitrogens is 1. The number of nitrogens with zero attached hydrogens (tertiary/aromatic N) is 1. The van der Waals surface area contributed by atoms with E-state index in [-0.39, 0.29) is 6.08 Å². The minimum absolute atomic E-state index is 0.159. The lowest BCUT2D eigenvalue weighted by Crippen LogP contribution is -1.91. The number of hydrogen-bond acceptors (Lipinski definition) is 5. The number of hydrogen-bond donors (Lipinski definition) is 0. The molecule has 0 aliphatic rings. The second-order valence-corrected chi connectivity index (χ2v) is 2.92. The van der Waals surface area contributed by atoms with Crippen LogP contribution in [0.5, 0.6) is 23.3 Å². The quantitative estimate of drug-likeness (QED) is 0.793. The molecule has 5 heteroatoms. The van der Waals surface area contributed by atoms with E-state index in [0.29, 0.717) is 17.2 Å². The molecule has 0 saturated carbocycles. The van der Waals surface area contributed by atoms with E-state index in [1.807, 2.05) is 0 Å². The molecule has 1 aromatic heterocycles. The molecule has 0 aliphatic heterocycles. The first kappa shape index (κ1) is 10.4. The number of benzene rings is 1. The van der Waals surface area contributed by atoms with Crippen molar-refractivity contribution in [3.05, 3.63) is 30.7 Å². The maximum atomic E-state index is 5.40. The number of rotatable bonds is 4. The van der Waals surface area contributed by atoms with Gasteiger partial charge in [-0.2, -0.15) is 4.98 Å². The highest BCUT2D eigenvalue weighted by Crippen LogP contribution is 2.33. The van der Waals surface area contributed by atoms with Crippen LogP contribution in [0, 0.1) is 0 Å². The summed E-state index contributed by atoms with van der Waals surface area (Å²) >= 11 is 0. The van der Waals surface area contributed by atoms with E-state index in [9.17, 15) is 0 Å². The number of ether oxygens (including phenoxy) is 3. The Morgan fingerprint density at radius 3 is 2.62 bits per heavy atom. The van der Waals surface area contributed by atoms with Crippen molar-refractivity contribution in [3.63, 3.8) is 0 Å². The third kappa shape index (κ3) is 2.08. The molecule has 0 unspecified atom stereocenters. The zero-order chi connectivity index (χ0) is 11.4. The molecule has 5 nitrogen and oxygen atoms in total. The summed E-state index contributed by atoms with van der Waals surface area (Å²) in [6.07, 6.45) is 3.09. The first-order valence-corrected chi connectivity index (χ1v) is 4.63. The Morgan fingerprint density at radius 2 is 2.00 bits per heavy atom. The smallest absolute Gasteiger partial charge is 0.399 e. The Hall–Kier alpha value is -2.17. The van der Waals surface area contributed by atoms with Crippen LogP contribution in [0.1, 0.15) is 0 Å². The summed E-state index contributed by atoms with van der Waals surface area (Å²) in [5.74, 6) is 1.74. The molecule has 2 rings (SSSR count). The van der Waals surface area contributed by atoms with Gasteiger partial charge in [-0.1, -0.05) is 0 Å². The summed E-state index contributed by atoms with van der Waals surface area (Å²) in [6, 6.07) is 5.22. The number of oxazole rings is 1. The number of methoxy groups -OCH3 is 2. The van der Waals surface area contributed by atoms with Crippen molar-refractivity contribution in [2.75, 3.05) is 14.2 Å². The zero-order valence-corrected chi connectivity index (χ0v) is 8.97. The SMILES string of the molecule is COc1ccc(OC)c(Oc2ncco2)c1. The van der Waals surface area contributed by atoms with Gasteiger partial charge in [0.1, 0.15) is 12.0 Å². The highest BCUT2D eigenvalue weighted by Gasteiger charge is 2.09. The average Bonchev–Trinajstić information content (AvgIpc) is 2.82. The van der Waals surface area contributed by atoms with Gasteiger partial charge in [-0.25, -0.2) is 0 Å². The Bertz CT molecular complexity index is 453. The minimum atomic E-state index is 0.159. The Morgan fingerprint density at radius 1 is 1.12 bits per heavy atom. The maximum absolute atomic E-state index is 5.40. The minimum Gasteiger partial charge on any atom is -0.497 e. The maximum Gasteiger partial charge on any atom is 0.399 e. The average molecular weight is 221 g/mol. The van der Waals surface area contributed by atoms with Crippen LogP contribution in [0.25, 0.3) is 0 Å². The van der Waals surface area contributed by atoms with Crippen LogP contribution in [0.4, 0.5) is 0 Å². The van der Waals surface area contributed by atoms with Gasteiger partial charge >= 0.3 is 6.08 Å². The first-order valence-electron chi connectivity index (χ1n) is 4.63. The van der Waals surface area contributed by atoms with Crippen molar-refractivity contribution in [2.24, 2.45) is 0 Å². The molecule has 16 heavy (non-hydrogen) atoms. The van der Waals surface area contributed by atoms with Gasteiger partial charge in [0.2, 0.25) is 0 Å². The second-order valence-electron chi connectivity index (χ2n) is 2.92. The summed E-state index contributed by atoms with van der Waals surface area (Å²) in [4.78, 5) is 3.86. The van der Waals surface area contributed by atoms with E-state index in [4.69, 9.17) is 18.6 Å². The van der Waals surface area contributed by atoms with Crippen LogP contribution in [0.3, 0.4) is 0 Å². The fourth-order valence-corrected chi connectivity index (χ4v) is 1.22. The van der Waals surface area contributed by atoms with Crippen molar-refractivity contribution in [1.29, 1.82) is 0 Å². The van der Waals surface area contributed by atoms with Crippen LogP contribution >= 0.6 is 0 Å². The van der Waals surface area contributed by atoms with Gasteiger partial charge in [0.25, 0.3) is 0 Å². The van der Waals surface area contributed by atoms with E-state index in [1.165, 1.54) is 12.5 Å². The van der Waals surface area contributed by atoms with Crippen LogP contribution < -0.4 is 14.2 Å². The Kier molecular flexibility index (Phi) is 2.95. The fraction of sp³-hybridized carbons (Fsp3) is 0.182. The summed E-state index contributed by atoms with van der Waals surface area (Å²) in [7, 11) is 3.14. The second kappa shape index (κ2) is 4.57. The van der Waals surface area contributed by atoms with Crippen LogP contribution in [-0.2, 0) is 0 Å². The summed E-state index contributed by atoms with van der Waals surface area (Å²) in [6.45, 7) is 0. The van der Waals surface area contributed by atoms with Gasteiger partial charge < -0.3 is 18.6 Å². The molecule has 0 saturated heterocycles. The van der Waals surface area contributed by atoms with Crippen molar-refractivity contribution in [3.8, 4) is 23.3 Å². The van der Waals surface area contributed by atoms with Gasteiger partial charge in [-0.15, -0.1) is 0 Å². The van der Waals surface area contributed by atoms with Crippen LogP contribution in [0.15, 0.2) is 35.1 Å². The zero-order valence-electron chi connectivity index (χ0n) is 8.97. The molecular formula is C11H11NO4. The third-order valence-electron chi connectivity index (χ3n) is 1.98. The Labute approximate surface area is 92.6 Å². The van der Waals surface area contributed by atoms with E-state index < -0.39 is 0 Å². The van der Waals surface area contributed by atoms with Crippen molar-refractivity contribution >= 4 is 0 Å². The Balaban J connectivity index is 2.30. The van der Waals surface area contributed by atoms with E-state index in [1.54, 1.807) is 32.4 Å². The van der Waals surface area contributed by atoms with Gasteiger partial charge in [-0.05, 0) is 12.1 Å². The lowest BCUT2D eigenvalue weighted by Gasteiger charge is -2.08. The lowest BCUT2D eigenvalue weighted by atomic mass is 10.3. The third-order valence-corrected chi connectivity index (χ3v) is 1.98. The van der Waals surface area contributed by atoms with Gasteiger partial charge in [0.15, 0.2) is 11.5 Å². The predicted molar refractivity (Wildman–Crippen MR) is 56.1 cm³/mol. The van der Waals surface area contributed by atoms with E-state index in [0.717, 1.165) is 0 Å². The molecule has 0 amide bonds. The van der Waals surface area contributed by atoms with Crippen molar-refractivity contribution in [1.82, 2.24) is 4.98 Å². The van der Waals surface area contributed by atoms with E-state index >= 15 is 0 Å². The molecule has 0 N–H and O–H groups in total. The summed E-state index contributed by atoms with van der Waals surface area (Å²) in [5.41, 5.74) is 0. The van der Waals surface area contributed by atoms with Crippen LogP contribution in [0.2, 0.25) is 0 Å². The molecular weight excluding hydrogens is 210 g/mol. The van der Waals surface area contributed by atoms with Gasteiger partial charge in [0, 0.05) is 6.07 Å². The predicted octanol–water partition coefficient (Wildman–Crippen LogP) is 2.48. The molecule has 84 valence electrons. The van der Waals surface area contributed by atoms with Gasteiger partial charge in [-0.3, -0.25) is 0 Å². The highest BCUT2D eigenvalue weighted by molar-refractivity contribution is 5.46. The topological polar surface area (TPSA) is 53.7 Å². The highest BCUT2D eigenvalue weighted by atomic mass is 16.6. The summed E-state index contributed by atoms with van der Waals surface area (Å²) < 4.78 is 20.6. The molecule has 2 aromatic rings. The lowest BCUT2D eigenvalue weighted by molar-refractivity contribution is 0.308. The molecule has 1 heterocycles. The van der Waals surface area contributed by atoms with Gasteiger partial charge in [0.05, 0.1) is 20.4 Å². The molecule has 0 spiro atoms. The van der Waals surface area contributed by atoms with Crippen molar-refractivity contribution in [2.45, 2.75) is 0 Å². The fourth-order valence-electron chi connectivity index (χ4n) is 1.22. The molecule has 0 atom stereocenters. The largest absolute Gasteiger partial charge is 0.497 e.